The first-order valence-electron chi connectivity index (χ1n) is 8.33. The average molecular weight is 340 g/mol. The van der Waals surface area contributed by atoms with Gasteiger partial charge < -0.3 is 9.47 Å². The molecular weight excluding hydrogens is 316 g/mol. The van der Waals surface area contributed by atoms with Gasteiger partial charge in [0, 0.05) is 11.1 Å². The molecule has 0 amide bonds. The summed E-state index contributed by atoms with van der Waals surface area (Å²) in [7, 11) is 1.20. The van der Waals surface area contributed by atoms with Gasteiger partial charge in [0.2, 0.25) is 0 Å². The molecule has 4 heteroatoms. The lowest BCUT2D eigenvalue weighted by Crippen LogP contribution is -2.18. The molecule has 2 aromatic rings. The predicted octanol–water partition coefficient (Wildman–Crippen LogP) is 4.11. The first kappa shape index (κ1) is 18.7. The van der Waals surface area contributed by atoms with Crippen molar-refractivity contribution >= 4 is 11.8 Å². The lowest BCUT2D eigenvalue weighted by Gasteiger charge is -2.15. The third-order valence-electron chi connectivity index (χ3n) is 4.41. The van der Waals surface area contributed by atoms with E-state index in [1.54, 1.807) is 12.1 Å². The fourth-order valence-electron chi connectivity index (χ4n) is 2.85. The van der Waals surface area contributed by atoms with Gasteiger partial charge in [-0.1, -0.05) is 31.2 Å². The van der Waals surface area contributed by atoms with Gasteiger partial charge >= 0.3 is 5.97 Å². The summed E-state index contributed by atoms with van der Waals surface area (Å²) in [6.07, 6.45) is 0.975. The first-order chi connectivity index (χ1) is 11.9. The molecule has 0 aromatic heterocycles. The average Bonchev–Trinajstić information content (AvgIpc) is 2.61. The number of carbonyl (C=O) groups excluding carboxylic acids is 2. The fraction of sp³-hybridized carbons (Fsp3) is 0.333. The molecular formula is C21H24O4. The molecule has 2 aromatic carbocycles. The number of ether oxygens (including phenoxy) is 2. The van der Waals surface area contributed by atoms with Gasteiger partial charge in [-0.2, -0.15) is 0 Å². The summed E-state index contributed by atoms with van der Waals surface area (Å²) >= 11 is 0. The summed E-state index contributed by atoms with van der Waals surface area (Å²) in [6.45, 7) is 8.30. The number of carbonyl (C=O) groups is 2. The molecule has 132 valence electrons. The monoisotopic (exact) mass is 340 g/mol. The molecule has 25 heavy (non-hydrogen) atoms. The van der Waals surface area contributed by atoms with Gasteiger partial charge in [0.15, 0.2) is 0 Å². The van der Waals surface area contributed by atoms with Gasteiger partial charge in [-0.15, -0.1) is 0 Å². The summed E-state index contributed by atoms with van der Waals surface area (Å²) < 4.78 is 10.5. The number of ketones is 1. The van der Waals surface area contributed by atoms with Crippen LogP contribution in [-0.2, 0) is 22.6 Å². The van der Waals surface area contributed by atoms with Crippen molar-refractivity contribution in [3.8, 4) is 5.75 Å². The van der Waals surface area contributed by atoms with Gasteiger partial charge in [-0.3, -0.25) is 4.79 Å². The highest BCUT2D eigenvalue weighted by molar-refractivity contribution is 6.41. The van der Waals surface area contributed by atoms with Crippen LogP contribution in [-0.4, -0.2) is 18.9 Å². The van der Waals surface area contributed by atoms with Crippen molar-refractivity contribution in [3.05, 3.63) is 63.7 Å². The van der Waals surface area contributed by atoms with Crippen LogP contribution in [0, 0.1) is 20.8 Å². The number of methoxy groups -OCH3 is 1. The van der Waals surface area contributed by atoms with Crippen LogP contribution in [0.2, 0.25) is 0 Å². The van der Waals surface area contributed by atoms with Crippen LogP contribution in [0.25, 0.3) is 0 Å². The molecule has 0 heterocycles. The van der Waals surface area contributed by atoms with E-state index in [4.69, 9.17) is 4.74 Å². The van der Waals surface area contributed by atoms with Crippen molar-refractivity contribution in [1.29, 1.82) is 0 Å². The molecule has 0 unspecified atom stereocenters. The number of hydrogen-bond donors (Lipinski definition) is 0. The number of benzene rings is 2. The zero-order chi connectivity index (χ0) is 18.6. The van der Waals surface area contributed by atoms with Gasteiger partial charge in [-0.05, 0) is 55.5 Å². The number of aryl methyl sites for hydroxylation is 4. The van der Waals surface area contributed by atoms with Crippen LogP contribution in [0.15, 0.2) is 30.3 Å². The van der Waals surface area contributed by atoms with Crippen molar-refractivity contribution in [2.45, 2.75) is 40.7 Å². The molecule has 0 saturated carbocycles. The summed E-state index contributed by atoms with van der Waals surface area (Å²) in [4.78, 5) is 23.8. The highest BCUT2D eigenvalue weighted by Crippen LogP contribution is 2.25. The van der Waals surface area contributed by atoms with Gasteiger partial charge in [-0.25, -0.2) is 4.79 Å². The Labute approximate surface area is 148 Å². The van der Waals surface area contributed by atoms with Crippen molar-refractivity contribution in [2.24, 2.45) is 0 Å². The molecule has 0 N–H and O–H groups in total. The number of Topliss-reactive ketones (excluding diaryl/α,β-unsaturated/α-hetero) is 1. The maximum absolute atomic E-state index is 12.2. The summed E-state index contributed by atoms with van der Waals surface area (Å²) in [6, 6.07) is 9.42. The third-order valence-corrected chi connectivity index (χ3v) is 4.41. The van der Waals surface area contributed by atoms with Crippen LogP contribution in [0.4, 0.5) is 0 Å². The predicted molar refractivity (Wildman–Crippen MR) is 97.2 cm³/mol. The molecule has 0 radical (unpaired) electrons. The lowest BCUT2D eigenvalue weighted by molar-refractivity contribution is -0.135. The van der Waals surface area contributed by atoms with E-state index >= 15 is 0 Å². The van der Waals surface area contributed by atoms with Crippen molar-refractivity contribution in [3.63, 3.8) is 0 Å². The zero-order valence-electron chi connectivity index (χ0n) is 15.4. The quantitative estimate of drug-likeness (QED) is 0.451. The highest BCUT2D eigenvalue weighted by Gasteiger charge is 2.21. The summed E-state index contributed by atoms with van der Waals surface area (Å²) in [5, 5.41) is 0. The molecule has 0 fully saturated rings. The van der Waals surface area contributed by atoms with E-state index in [0.717, 1.165) is 23.3 Å². The van der Waals surface area contributed by atoms with E-state index in [1.807, 2.05) is 26.0 Å². The van der Waals surface area contributed by atoms with E-state index < -0.39 is 11.8 Å². The lowest BCUT2D eigenvalue weighted by atomic mass is 9.99. The smallest absolute Gasteiger partial charge is 0.379 e. The summed E-state index contributed by atoms with van der Waals surface area (Å²) in [5.74, 6) is -0.736. The Balaban J connectivity index is 2.31. The largest absolute Gasteiger partial charge is 0.489 e. The Hall–Kier alpha value is -2.62. The second-order valence-corrected chi connectivity index (χ2v) is 6.11. The minimum Gasteiger partial charge on any atom is -0.489 e. The fourth-order valence-corrected chi connectivity index (χ4v) is 2.85. The molecule has 0 bridgehead atoms. The number of hydrogen-bond acceptors (Lipinski definition) is 4. The Morgan fingerprint density at radius 1 is 1.00 bits per heavy atom. The molecule has 0 aliphatic heterocycles. The minimum absolute atomic E-state index is 0.219. The second-order valence-electron chi connectivity index (χ2n) is 6.11. The topological polar surface area (TPSA) is 52.6 Å². The van der Waals surface area contributed by atoms with Crippen molar-refractivity contribution < 1.29 is 19.1 Å². The molecule has 0 aliphatic carbocycles. The molecule has 0 spiro atoms. The van der Waals surface area contributed by atoms with Crippen LogP contribution in [0.3, 0.4) is 0 Å². The molecule has 0 saturated heterocycles. The number of rotatable bonds is 6. The normalized spacial score (nSPS) is 10.4. The van der Waals surface area contributed by atoms with Crippen molar-refractivity contribution in [2.75, 3.05) is 7.11 Å². The molecule has 2 rings (SSSR count). The van der Waals surface area contributed by atoms with E-state index in [-0.39, 0.29) is 6.61 Å². The van der Waals surface area contributed by atoms with Crippen LogP contribution in [0.1, 0.15) is 45.1 Å². The van der Waals surface area contributed by atoms with Crippen molar-refractivity contribution in [1.82, 2.24) is 0 Å². The van der Waals surface area contributed by atoms with E-state index in [2.05, 4.69) is 24.7 Å². The Kier molecular flexibility index (Phi) is 5.97. The van der Waals surface area contributed by atoms with Crippen LogP contribution >= 0.6 is 0 Å². The zero-order valence-corrected chi connectivity index (χ0v) is 15.4. The molecule has 0 aliphatic rings. The molecule has 0 atom stereocenters. The third kappa shape index (κ3) is 4.08. The SMILES string of the molecule is CCc1cc(C)c(OCc2c(C)cccc2C(=O)C(=O)OC)cc1C. The highest BCUT2D eigenvalue weighted by atomic mass is 16.5. The number of esters is 1. The van der Waals surface area contributed by atoms with Gasteiger partial charge in [0.25, 0.3) is 5.78 Å². The first-order valence-corrected chi connectivity index (χ1v) is 8.33. The van der Waals surface area contributed by atoms with E-state index in [1.165, 1.54) is 18.2 Å². The van der Waals surface area contributed by atoms with Crippen LogP contribution < -0.4 is 4.74 Å². The minimum atomic E-state index is -0.869. The standard InChI is InChI=1S/C21H24O4/c1-6-16-10-15(4)19(11-14(16)3)25-12-18-13(2)8-7-9-17(18)20(22)21(23)24-5/h7-11H,6,12H2,1-5H3. The van der Waals surface area contributed by atoms with Gasteiger partial charge in [0.1, 0.15) is 12.4 Å². The van der Waals surface area contributed by atoms with E-state index in [0.29, 0.717) is 11.1 Å². The Bertz CT molecular complexity index is 806. The van der Waals surface area contributed by atoms with Gasteiger partial charge in [0.05, 0.1) is 7.11 Å². The molecule has 4 nitrogen and oxygen atoms in total. The second kappa shape index (κ2) is 7.97. The van der Waals surface area contributed by atoms with Crippen LogP contribution in [0.5, 0.6) is 5.75 Å². The maximum atomic E-state index is 12.2. The van der Waals surface area contributed by atoms with E-state index in [9.17, 15) is 9.59 Å². The maximum Gasteiger partial charge on any atom is 0.379 e. The Morgan fingerprint density at radius 3 is 2.36 bits per heavy atom. The summed E-state index contributed by atoms with van der Waals surface area (Å²) in [5.41, 5.74) is 5.45. The Morgan fingerprint density at radius 2 is 1.72 bits per heavy atom.